The number of aliphatic hydroxyl groups excluding tert-OH is 1. The number of esters is 1. The van der Waals surface area contributed by atoms with Crippen molar-refractivity contribution in [3.8, 4) is 40.2 Å². The molecule has 228 valence electrons. The summed E-state index contributed by atoms with van der Waals surface area (Å²) in [6.45, 7) is 0.304. The largest absolute Gasteiger partial charge is 0.493 e. The Kier molecular flexibility index (Phi) is 11.6. The zero-order chi connectivity index (χ0) is 31.5. The molecule has 0 aromatic heterocycles. The molecule has 10 heteroatoms. The molecule has 0 unspecified atom stereocenters. The molecule has 9 nitrogen and oxygen atoms in total. The second kappa shape index (κ2) is 15.8. The molecule has 0 radical (unpaired) electrons. The number of hydrogen-bond donors (Lipinski definition) is 2. The third-order valence-electron chi connectivity index (χ3n) is 6.86. The molecule has 4 rings (SSSR count). The maximum Gasteiger partial charge on any atom is 0.325 e. The topological polar surface area (TPSA) is 119 Å². The molecule has 4 aromatic carbocycles. The van der Waals surface area contributed by atoms with Crippen molar-refractivity contribution in [2.45, 2.75) is 25.8 Å². The zero-order valence-corrected chi connectivity index (χ0v) is 26.2. The summed E-state index contributed by atoms with van der Waals surface area (Å²) in [5.41, 5.74) is 4.97. The lowest BCUT2D eigenvalue weighted by atomic mass is 10.0. The zero-order valence-electron chi connectivity index (χ0n) is 24.6. The van der Waals surface area contributed by atoms with Crippen LogP contribution in [0.3, 0.4) is 0 Å². The van der Waals surface area contributed by atoms with E-state index in [1.165, 1.54) is 7.11 Å². The van der Waals surface area contributed by atoms with Crippen LogP contribution in [0.4, 0.5) is 0 Å². The van der Waals surface area contributed by atoms with Crippen molar-refractivity contribution in [3.05, 3.63) is 106 Å². The highest BCUT2D eigenvalue weighted by Crippen LogP contribution is 2.37. The van der Waals surface area contributed by atoms with E-state index in [1.807, 2.05) is 54.6 Å². The number of nitrogens with one attached hydrogen (secondary N) is 1. The number of nitrogens with zero attached hydrogens (tertiary/aromatic N) is 1. The lowest BCUT2D eigenvalue weighted by Crippen LogP contribution is -2.40. The standard InChI is InChI=1S/C34H33BrN2O7/c1-40-30-13-11-24(15-32(30)41-2)28-9-5-8-26(33(28)35)21-43-27-12-10-25(18-37-29(19-38)34(39)42-3)31(16-27)44-20-23-7-4-6-22(14-23)17-36/h4-16,29,37-38H,18-21H2,1-3H3/t29-/m0/s1. The number of carbonyl (C=O) groups is 1. The molecular formula is C34H33BrN2O7. The smallest absolute Gasteiger partial charge is 0.325 e. The number of carbonyl (C=O) groups excluding carboxylic acids is 1. The van der Waals surface area contributed by atoms with Gasteiger partial charge in [0.15, 0.2) is 11.5 Å². The minimum absolute atomic E-state index is 0.214. The number of aliphatic hydroxyl groups is 1. The Morgan fingerprint density at radius 3 is 2.41 bits per heavy atom. The number of methoxy groups -OCH3 is 3. The fourth-order valence-corrected chi connectivity index (χ4v) is 5.08. The van der Waals surface area contributed by atoms with E-state index in [4.69, 9.17) is 23.7 Å². The van der Waals surface area contributed by atoms with Gasteiger partial charge >= 0.3 is 5.97 Å². The molecule has 0 spiro atoms. The predicted molar refractivity (Wildman–Crippen MR) is 169 cm³/mol. The van der Waals surface area contributed by atoms with Gasteiger partial charge in [0.1, 0.15) is 30.8 Å². The summed E-state index contributed by atoms with van der Waals surface area (Å²) in [4.78, 5) is 12.0. The third kappa shape index (κ3) is 8.08. The number of halogens is 1. The van der Waals surface area contributed by atoms with Crippen molar-refractivity contribution in [1.82, 2.24) is 5.32 Å². The summed E-state index contributed by atoms with van der Waals surface area (Å²) in [5.74, 6) is 1.82. The number of hydrogen-bond acceptors (Lipinski definition) is 9. The summed E-state index contributed by atoms with van der Waals surface area (Å²) in [5, 5.41) is 21.9. The predicted octanol–water partition coefficient (Wildman–Crippen LogP) is 5.79. The lowest BCUT2D eigenvalue weighted by Gasteiger charge is -2.18. The molecule has 0 heterocycles. The van der Waals surface area contributed by atoms with Crippen molar-refractivity contribution in [3.63, 3.8) is 0 Å². The van der Waals surface area contributed by atoms with Crippen LogP contribution in [0.2, 0.25) is 0 Å². The molecule has 0 bridgehead atoms. The van der Waals surface area contributed by atoms with E-state index >= 15 is 0 Å². The van der Waals surface area contributed by atoms with Gasteiger partial charge < -0.3 is 28.8 Å². The quantitative estimate of drug-likeness (QED) is 0.162. The first-order valence-electron chi connectivity index (χ1n) is 13.7. The van der Waals surface area contributed by atoms with Crippen LogP contribution in [-0.4, -0.2) is 45.1 Å². The third-order valence-corrected chi connectivity index (χ3v) is 7.80. The van der Waals surface area contributed by atoms with Gasteiger partial charge in [-0.15, -0.1) is 0 Å². The number of benzene rings is 4. The van der Waals surface area contributed by atoms with E-state index in [9.17, 15) is 15.2 Å². The van der Waals surface area contributed by atoms with E-state index in [1.54, 1.807) is 38.5 Å². The molecule has 0 aliphatic rings. The van der Waals surface area contributed by atoms with Gasteiger partial charge in [-0.1, -0.05) is 42.5 Å². The van der Waals surface area contributed by atoms with E-state index in [0.29, 0.717) is 28.6 Å². The molecule has 0 aliphatic carbocycles. The molecule has 4 aromatic rings. The average Bonchev–Trinajstić information content (AvgIpc) is 3.07. The molecule has 1 atom stereocenters. The van der Waals surface area contributed by atoms with E-state index in [-0.39, 0.29) is 19.8 Å². The van der Waals surface area contributed by atoms with Gasteiger partial charge in [-0.05, 0) is 63.0 Å². The minimum Gasteiger partial charge on any atom is -0.493 e. The van der Waals surface area contributed by atoms with Crippen LogP contribution < -0.4 is 24.3 Å². The van der Waals surface area contributed by atoms with Gasteiger partial charge in [-0.3, -0.25) is 10.1 Å². The number of rotatable bonds is 14. The Hall–Kier alpha value is -4.56. The van der Waals surface area contributed by atoms with Gasteiger partial charge in [0.05, 0.1) is 39.6 Å². The number of ether oxygens (including phenoxy) is 5. The Bertz CT molecular complexity index is 1640. The Balaban J connectivity index is 1.55. The summed E-state index contributed by atoms with van der Waals surface area (Å²) in [6.07, 6.45) is 0. The van der Waals surface area contributed by atoms with Gasteiger partial charge in [-0.25, -0.2) is 0 Å². The van der Waals surface area contributed by atoms with Gasteiger partial charge in [0, 0.05) is 28.2 Å². The molecular weight excluding hydrogens is 628 g/mol. The monoisotopic (exact) mass is 660 g/mol. The van der Waals surface area contributed by atoms with Crippen LogP contribution in [0.5, 0.6) is 23.0 Å². The molecule has 0 saturated carbocycles. The molecule has 0 fully saturated rings. The van der Waals surface area contributed by atoms with Crippen molar-refractivity contribution in [1.29, 1.82) is 5.26 Å². The van der Waals surface area contributed by atoms with Gasteiger partial charge in [-0.2, -0.15) is 5.26 Å². The fourth-order valence-electron chi connectivity index (χ4n) is 4.47. The Labute approximate surface area is 265 Å². The molecule has 0 aliphatic heterocycles. The second-order valence-corrected chi connectivity index (χ2v) is 10.4. The number of nitriles is 1. The van der Waals surface area contributed by atoms with Crippen LogP contribution in [-0.2, 0) is 29.3 Å². The molecule has 0 amide bonds. The van der Waals surface area contributed by atoms with Crippen molar-refractivity contribution in [2.75, 3.05) is 27.9 Å². The second-order valence-electron chi connectivity index (χ2n) is 9.65. The van der Waals surface area contributed by atoms with Crippen LogP contribution in [0.25, 0.3) is 11.1 Å². The summed E-state index contributed by atoms with van der Waals surface area (Å²) < 4.78 is 28.9. The highest BCUT2D eigenvalue weighted by molar-refractivity contribution is 9.10. The first-order valence-corrected chi connectivity index (χ1v) is 14.5. The maximum atomic E-state index is 12.0. The molecule has 44 heavy (non-hydrogen) atoms. The van der Waals surface area contributed by atoms with Crippen molar-refractivity contribution >= 4 is 21.9 Å². The van der Waals surface area contributed by atoms with Gasteiger partial charge in [0.25, 0.3) is 0 Å². The normalized spacial score (nSPS) is 11.3. The summed E-state index contributed by atoms with van der Waals surface area (Å²) >= 11 is 3.75. The average molecular weight is 662 g/mol. The minimum atomic E-state index is -0.883. The van der Waals surface area contributed by atoms with E-state index < -0.39 is 18.6 Å². The van der Waals surface area contributed by atoms with Crippen molar-refractivity contribution < 1.29 is 33.6 Å². The molecule has 2 N–H and O–H groups in total. The maximum absolute atomic E-state index is 12.0. The highest BCUT2D eigenvalue weighted by Gasteiger charge is 2.19. The Morgan fingerprint density at radius 1 is 0.886 bits per heavy atom. The van der Waals surface area contributed by atoms with Crippen LogP contribution in [0.15, 0.2) is 83.3 Å². The first kappa shape index (κ1) is 32.4. The molecule has 0 saturated heterocycles. The van der Waals surface area contributed by atoms with Crippen LogP contribution in [0.1, 0.15) is 22.3 Å². The van der Waals surface area contributed by atoms with E-state index in [0.717, 1.165) is 32.3 Å². The SMILES string of the molecule is COC(=O)[C@H](CO)NCc1ccc(OCc2cccc(-c3ccc(OC)c(OC)c3)c2Br)cc1OCc1cccc(C#N)c1. The summed E-state index contributed by atoms with van der Waals surface area (Å²) in [7, 11) is 4.48. The van der Waals surface area contributed by atoms with Crippen LogP contribution in [0, 0.1) is 11.3 Å². The van der Waals surface area contributed by atoms with E-state index in [2.05, 4.69) is 27.3 Å². The fraction of sp³-hybridized carbons (Fsp3) is 0.235. The lowest BCUT2D eigenvalue weighted by molar-refractivity contribution is -0.144. The van der Waals surface area contributed by atoms with Gasteiger partial charge in [0.2, 0.25) is 0 Å². The van der Waals surface area contributed by atoms with Crippen molar-refractivity contribution in [2.24, 2.45) is 0 Å². The Morgan fingerprint density at radius 2 is 1.68 bits per heavy atom. The highest BCUT2D eigenvalue weighted by atomic mass is 79.9. The summed E-state index contributed by atoms with van der Waals surface area (Å²) in [6, 6.07) is 25.6. The van der Waals surface area contributed by atoms with Crippen LogP contribution >= 0.6 is 15.9 Å². The first-order chi connectivity index (χ1) is 21.4.